The van der Waals surface area contributed by atoms with Crippen LogP contribution in [0.4, 0.5) is 15.8 Å². The van der Waals surface area contributed by atoms with Crippen LogP contribution in [0.25, 0.3) is 0 Å². The molecule has 0 bridgehead atoms. The molecule has 2 N–H and O–H groups in total. The molecule has 0 aliphatic carbocycles. The Balaban J connectivity index is 1.74. The Morgan fingerprint density at radius 3 is 2.62 bits per heavy atom. The Bertz CT molecular complexity index is 739. The summed E-state index contributed by atoms with van der Waals surface area (Å²) in [4.78, 5) is 16.8. The minimum Gasteiger partial charge on any atom is -0.372 e. The molecule has 2 aromatic rings. The van der Waals surface area contributed by atoms with Crippen LogP contribution in [-0.2, 0) is 4.74 Å². The Labute approximate surface area is 144 Å². The van der Waals surface area contributed by atoms with Gasteiger partial charge in [-0.1, -0.05) is 11.6 Å². The highest BCUT2D eigenvalue weighted by Gasteiger charge is 2.24. The number of ether oxygens (including phenoxy) is 1. The van der Waals surface area contributed by atoms with Gasteiger partial charge in [-0.25, -0.2) is 4.39 Å². The number of amides is 1. The van der Waals surface area contributed by atoms with Crippen molar-refractivity contribution in [3.8, 4) is 0 Å². The number of carbonyl (C=O) groups excluding carboxylic acids is 1. The third-order valence-corrected chi connectivity index (χ3v) is 4.08. The summed E-state index contributed by atoms with van der Waals surface area (Å²) in [6.07, 6.45) is 1.61. The molecule has 1 aromatic carbocycles. The summed E-state index contributed by atoms with van der Waals surface area (Å²) in [6.45, 7) is 5.20. The number of nitrogens with zero attached hydrogens (tertiary/aromatic N) is 1. The normalized spacial score (nSPS) is 20.9. The van der Waals surface area contributed by atoms with Gasteiger partial charge in [0, 0.05) is 25.0 Å². The molecule has 1 aliphatic rings. The van der Waals surface area contributed by atoms with Gasteiger partial charge in [0.2, 0.25) is 0 Å². The van der Waals surface area contributed by atoms with E-state index in [1.807, 2.05) is 18.7 Å². The maximum Gasteiger partial charge on any atom is 0.272 e. The predicted octanol–water partition coefficient (Wildman–Crippen LogP) is 3.67. The second kappa shape index (κ2) is 6.83. The van der Waals surface area contributed by atoms with E-state index < -0.39 is 0 Å². The molecule has 2 atom stereocenters. The number of H-pyrrole nitrogens is 1. The second-order valence-corrected chi connectivity index (χ2v) is 6.45. The summed E-state index contributed by atoms with van der Waals surface area (Å²) in [5.41, 5.74) is 1.22. The molecule has 5 nitrogen and oxygen atoms in total. The summed E-state index contributed by atoms with van der Waals surface area (Å²) in [5, 5.41) is 3.09. The average Bonchev–Trinajstić information content (AvgIpc) is 2.93. The Morgan fingerprint density at radius 2 is 2.04 bits per heavy atom. The molecule has 3 rings (SSSR count). The van der Waals surface area contributed by atoms with Gasteiger partial charge in [0.15, 0.2) is 0 Å². The highest BCUT2D eigenvalue weighted by molar-refractivity contribution is 6.31. The van der Waals surface area contributed by atoms with Gasteiger partial charge >= 0.3 is 0 Å². The monoisotopic (exact) mass is 351 g/mol. The van der Waals surface area contributed by atoms with Crippen LogP contribution >= 0.6 is 11.6 Å². The summed E-state index contributed by atoms with van der Waals surface area (Å²) < 4.78 is 20.2. The van der Waals surface area contributed by atoms with Gasteiger partial charge in [0.25, 0.3) is 5.91 Å². The van der Waals surface area contributed by atoms with Gasteiger partial charge in [-0.05, 0) is 38.1 Å². The number of aromatic amines is 1. The Morgan fingerprint density at radius 1 is 1.33 bits per heavy atom. The first-order valence-corrected chi connectivity index (χ1v) is 8.15. The molecular weight excluding hydrogens is 333 g/mol. The number of rotatable bonds is 3. The number of aromatic nitrogens is 1. The van der Waals surface area contributed by atoms with E-state index in [9.17, 15) is 9.18 Å². The zero-order valence-electron chi connectivity index (χ0n) is 13.5. The number of carbonyl (C=O) groups is 1. The van der Waals surface area contributed by atoms with Crippen LogP contribution in [0.1, 0.15) is 24.3 Å². The summed E-state index contributed by atoms with van der Waals surface area (Å²) in [5.74, 6) is -0.749. The maximum absolute atomic E-state index is 14.5. The maximum atomic E-state index is 14.5. The third-order valence-electron chi connectivity index (χ3n) is 3.86. The smallest absolute Gasteiger partial charge is 0.272 e. The van der Waals surface area contributed by atoms with Gasteiger partial charge in [-0.2, -0.15) is 0 Å². The van der Waals surface area contributed by atoms with Crippen molar-refractivity contribution in [1.29, 1.82) is 0 Å². The topological polar surface area (TPSA) is 57.4 Å². The van der Waals surface area contributed by atoms with Crippen LogP contribution in [0.5, 0.6) is 0 Å². The van der Waals surface area contributed by atoms with Crippen molar-refractivity contribution in [2.24, 2.45) is 0 Å². The molecule has 0 radical (unpaired) electrons. The molecule has 1 saturated heterocycles. The van der Waals surface area contributed by atoms with Crippen molar-refractivity contribution in [2.75, 3.05) is 23.3 Å². The van der Waals surface area contributed by atoms with Crippen LogP contribution < -0.4 is 10.2 Å². The zero-order chi connectivity index (χ0) is 17.3. The molecule has 1 fully saturated rings. The quantitative estimate of drug-likeness (QED) is 0.887. The summed E-state index contributed by atoms with van der Waals surface area (Å²) >= 11 is 5.78. The van der Waals surface area contributed by atoms with Crippen molar-refractivity contribution in [2.45, 2.75) is 26.1 Å². The standard InChI is InChI=1S/C17H19ClFN3O2/c1-10-8-22(9-11(2)24-10)16-4-3-13(6-14(16)19)21-17(23)15-5-12(18)7-20-15/h3-7,10-11,20H,8-9H2,1-2H3,(H,21,23)/t10-,11-/m1/s1. The van der Waals surface area contributed by atoms with Crippen molar-refractivity contribution in [3.63, 3.8) is 0 Å². The van der Waals surface area contributed by atoms with E-state index in [0.717, 1.165) is 0 Å². The van der Waals surface area contributed by atoms with Gasteiger partial charge in [-0.3, -0.25) is 4.79 Å². The molecule has 2 heterocycles. The molecule has 128 valence electrons. The molecule has 0 spiro atoms. The Kier molecular flexibility index (Phi) is 4.78. The van der Waals surface area contributed by atoms with E-state index in [4.69, 9.17) is 16.3 Å². The number of nitrogens with one attached hydrogen (secondary N) is 2. The predicted molar refractivity (Wildman–Crippen MR) is 92.4 cm³/mol. The zero-order valence-corrected chi connectivity index (χ0v) is 14.2. The minimum atomic E-state index is -0.376. The van der Waals surface area contributed by atoms with E-state index in [2.05, 4.69) is 10.3 Å². The Hall–Kier alpha value is -2.05. The fraction of sp³-hybridized carbons (Fsp3) is 0.353. The number of morpholine rings is 1. The highest BCUT2D eigenvalue weighted by Crippen LogP contribution is 2.26. The number of hydrogen-bond acceptors (Lipinski definition) is 3. The van der Waals surface area contributed by atoms with Crippen molar-refractivity contribution < 1.29 is 13.9 Å². The number of halogens is 2. The van der Waals surface area contributed by atoms with Crippen molar-refractivity contribution in [1.82, 2.24) is 4.98 Å². The molecule has 0 unspecified atom stereocenters. The van der Waals surface area contributed by atoms with E-state index in [1.54, 1.807) is 12.1 Å². The van der Waals surface area contributed by atoms with Gasteiger partial charge in [0.1, 0.15) is 11.5 Å². The molecule has 24 heavy (non-hydrogen) atoms. The number of benzene rings is 1. The molecular formula is C17H19ClFN3O2. The first-order valence-electron chi connectivity index (χ1n) is 7.77. The van der Waals surface area contributed by atoms with Gasteiger partial charge in [-0.15, -0.1) is 0 Å². The lowest BCUT2D eigenvalue weighted by Gasteiger charge is -2.37. The molecule has 1 amide bonds. The average molecular weight is 352 g/mol. The first kappa shape index (κ1) is 16.8. The van der Waals surface area contributed by atoms with Crippen LogP contribution in [0.2, 0.25) is 5.02 Å². The number of hydrogen-bond donors (Lipinski definition) is 2. The lowest BCUT2D eigenvalue weighted by Crippen LogP contribution is -2.45. The van der Waals surface area contributed by atoms with Crippen molar-refractivity contribution >= 4 is 28.9 Å². The number of anilines is 2. The van der Waals surface area contributed by atoms with E-state index in [0.29, 0.717) is 35.2 Å². The lowest BCUT2D eigenvalue weighted by atomic mass is 10.2. The molecule has 1 aliphatic heterocycles. The molecule has 0 saturated carbocycles. The SMILES string of the molecule is C[C@@H]1CN(c2ccc(NC(=O)c3cc(Cl)c[nH]3)cc2F)C[C@@H](C)O1. The van der Waals surface area contributed by atoms with Crippen molar-refractivity contribution in [3.05, 3.63) is 47.0 Å². The van der Waals surface area contributed by atoms with Crippen LogP contribution in [-0.4, -0.2) is 36.2 Å². The largest absolute Gasteiger partial charge is 0.372 e. The fourth-order valence-corrected chi connectivity index (χ4v) is 3.08. The van der Waals surface area contributed by atoms with Crippen LogP contribution in [0.15, 0.2) is 30.5 Å². The van der Waals surface area contributed by atoms with Gasteiger partial charge < -0.3 is 19.9 Å². The minimum absolute atomic E-state index is 0.0464. The summed E-state index contributed by atoms with van der Waals surface area (Å²) in [7, 11) is 0. The van der Waals surface area contributed by atoms with Crippen LogP contribution in [0, 0.1) is 5.82 Å². The molecule has 1 aromatic heterocycles. The van der Waals surface area contributed by atoms with E-state index >= 15 is 0 Å². The second-order valence-electron chi connectivity index (χ2n) is 6.01. The lowest BCUT2D eigenvalue weighted by molar-refractivity contribution is -0.00539. The first-order chi connectivity index (χ1) is 11.4. The summed E-state index contributed by atoms with van der Waals surface area (Å²) in [6, 6.07) is 6.20. The van der Waals surface area contributed by atoms with E-state index in [1.165, 1.54) is 18.3 Å². The highest BCUT2D eigenvalue weighted by atomic mass is 35.5. The fourth-order valence-electron chi connectivity index (χ4n) is 2.91. The van der Waals surface area contributed by atoms with Crippen LogP contribution in [0.3, 0.4) is 0 Å². The van der Waals surface area contributed by atoms with E-state index in [-0.39, 0.29) is 23.9 Å². The molecule has 7 heteroatoms. The van der Waals surface area contributed by atoms with Gasteiger partial charge in [0.05, 0.1) is 22.9 Å². The third kappa shape index (κ3) is 3.71.